The van der Waals surface area contributed by atoms with Crippen LogP contribution in [0.5, 0.6) is 0 Å². The molecule has 1 unspecified atom stereocenters. The molecule has 1 amide bonds. The minimum absolute atomic E-state index is 0.226. The van der Waals surface area contributed by atoms with Crippen LogP contribution in [0.1, 0.15) is 58.8 Å². The third-order valence-corrected chi connectivity index (χ3v) is 4.92. The SMILES string of the molecule is CC(C)C1CCCN(C(=O)C2(N)CCCC2)CC1. The number of rotatable bonds is 2. The van der Waals surface area contributed by atoms with Gasteiger partial charge in [0.05, 0.1) is 5.54 Å². The van der Waals surface area contributed by atoms with Crippen LogP contribution in [0, 0.1) is 11.8 Å². The third kappa shape index (κ3) is 2.87. The van der Waals surface area contributed by atoms with Crippen LogP contribution in [0.15, 0.2) is 0 Å². The lowest BCUT2D eigenvalue weighted by atomic mass is 9.89. The molecule has 3 heteroatoms. The van der Waals surface area contributed by atoms with E-state index >= 15 is 0 Å². The van der Waals surface area contributed by atoms with Crippen molar-refractivity contribution in [2.45, 2.75) is 64.3 Å². The van der Waals surface area contributed by atoms with Crippen molar-refractivity contribution in [2.75, 3.05) is 13.1 Å². The molecule has 0 spiro atoms. The van der Waals surface area contributed by atoms with Gasteiger partial charge in [0.25, 0.3) is 0 Å². The van der Waals surface area contributed by atoms with Crippen molar-refractivity contribution in [3.8, 4) is 0 Å². The number of nitrogens with two attached hydrogens (primary N) is 1. The van der Waals surface area contributed by atoms with Gasteiger partial charge in [0.2, 0.25) is 5.91 Å². The zero-order valence-electron chi connectivity index (χ0n) is 12.0. The van der Waals surface area contributed by atoms with E-state index < -0.39 is 5.54 Å². The molecule has 2 rings (SSSR count). The number of carbonyl (C=O) groups is 1. The van der Waals surface area contributed by atoms with Gasteiger partial charge in [0.15, 0.2) is 0 Å². The van der Waals surface area contributed by atoms with Crippen LogP contribution < -0.4 is 5.73 Å². The molecule has 0 radical (unpaired) electrons. The summed E-state index contributed by atoms with van der Waals surface area (Å²) in [5.41, 5.74) is 5.76. The van der Waals surface area contributed by atoms with Crippen LogP contribution in [0.2, 0.25) is 0 Å². The van der Waals surface area contributed by atoms with E-state index in [0.717, 1.165) is 63.5 Å². The largest absolute Gasteiger partial charge is 0.341 e. The van der Waals surface area contributed by atoms with E-state index in [0.29, 0.717) is 0 Å². The second-order valence-electron chi connectivity index (χ2n) is 6.59. The lowest BCUT2D eigenvalue weighted by Crippen LogP contribution is -2.53. The van der Waals surface area contributed by atoms with Gasteiger partial charge in [-0.25, -0.2) is 0 Å². The highest BCUT2D eigenvalue weighted by molar-refractivity contribution is 5.86. The third-order valence-electron chi connectivity index (χ3n) is 4.92. The van der Waals surface area contributed by atoms with Crippen LogP contribution in [-0.2, 0) is 4.79 Å². The number of hydrogen-bond acceptors (Lipinski definition) is 2. The highest BCUT2D eigenvalue weighted by atomic mass is 16.2. The molecule has 0 aromatic heterocycles. The Bertz CT molecular complexity index is 295. The molecule has 1 atom stereocenters. The molecule has 3 nitrogen and oxygen atoms in total. The Morgan fingerprint density at radius 2 is 1.83 bits per heavy atom. The van der Waals surface area contributed by atoms with E-state index in [4.69, 9.17) is 5.73 Å². The number of carbonyl (C=O) groups excluding carboxylic acids is 1. The summed E-state index contributed by atoms with van der Waals surface area (Å²) in [5, 5.41) is 0. The first-order valence-electron chi connectivity index (χ1n) is 7.61. The minimum Gasteiger partial charge on any atom is -0.341 e. The summed E-state index contributed by atoms with van der Waals surface area (Å²) in [6.07, 6.45) is 7.56. The van der Waals surface area contributed by atoms with E-state index in [2.05, 4.69) is 13.8 Å². The monoisotopic (exact) mass is 252 g/mol. The van der Waals surface area contributed by atoms with Gasteiger partial charge < -0.3 is 10.6 Å². The standard InChI is InChI=1S/C15H28N2O/c1-12(2)13-6-5-10-17(11-7-13)14(18)15(16)8-3-4-9-15/h12-13H,3-11,16H2,1-2H3. The summed E-state index contributed by atoms with van der Waals surface area (Å²) >= 11 is 0. The fourth-order valence-electron chi connectivity index (χ4n) is 3.53. The quantitative estimate of drug-likeness (QED) is 0.821. The van der Waals surface area contributed by atoms with Crippen LogP contribution in [-0.4, -0.2) is 29.4 Å². The molecular formula is C15H28N2O. The van der Waals surface area contributed by atoms with Gasteiger partial charge in [-0.1, -0.05) is 26.7 Å². The first kappa shape index (κ1) is 13.9. The summed E-state index contributed by atoms with van der Waals surface area (Å²) in [4.78, 5) is 14.6. The average Bonchev–Trinajstić information content (AvgIpc) is 2.65. The Morgan fingerprint density at radius 1 is 1.17 bits per heavy atom. The van der Waals surface area contributed by atoms with E-state index in [-0.39, 0.29) is 5.91 Å². The maximum absolute atomic E-state index is 12.6. The van der Waals surface area contributed by atoms with Gasteiger partial charge in [-0.15, -0.1) is 0 Å². The first-order chi connectivity index (χ1) is 8.53. The van der Waals surface area contributed by atoms with Crippen molar-refractivity contribution < 1.29 is 4.79 Å². The van der Waals surface area contributed by atoms with Crippen LogP contribution in [0.4, 0.5) is 0 Å². The van der Waals surface area contributed by atoms with E-state index in [1.54, 1.807) is 0 Å². The summed E-state index contributed by atoms with van der Waals surface area (Å²) in [6.45, 7) is 6.43. The first-order valence-corrected chi connectivity index (χ1v) is 7.61. The maximum atomic E-state index is 12.6. The second kappa shape index (κ2) is 5.60. The zero-order chi connectivity index (χ0) is 13.2. The molecular weight excluding hydrogens is 224 g/mol. The Kier molecular flexibility index (Phi) is 4.31. The molecule has 1 heterocycles. The van der Waals surface area contributed by atoms with E-state index in [1.807, 2.05) is 4.90 Å². The Balaban J connectivity index is 1.95. The molecule has 0 aromatic carbocycles. The van der Waals surface area contributed by atoms with Crippen molar-refractivity contribution in [1.29, 1.82) is 0 Å². The molecule has 2 fully saturated rings. The normalized spacial score (nSPS) is 28.4. The predicted octanol–water partition coefficient (Wildman–Crippen LogP) is 2.54. The molecule has 0 aromatic rings. The Labute approximate surface area is 111 Å². The van der Waals surface area contributed by atoms with Gasteiger partial charge >= 0.3 is 0 Å². The summed E-state index contributed by atoms with van der Waals surface area (Å²) < 4.78 is 0. The van der Waals surface area contributed by atoms with Crippen molar-refractivity contribution in [2.24, 2.45) is 17.6 Å². The van der Waals surface area contributed by atoms with Gasteiger partial charge in [-0.05, 0) is 43.9 Å². The molecule has 1 aliphatic carbocycles. The molecule has 0 bridgehead atoms. The highest BCUT2D eigenvalue weighted by Crippen LogP contribution is 2.31. The second-order valence-corrected chi connectivity index (χ2v) is 6.59. The molecule has 1 saturated heterocycles. The molecule has 2 aliphatic rings. The number of nitrogens with zero attached hydrogens (tertiary/aromatic N) is 1. The van der Waals surface area contributed by atoms with Crippen molar-refractivity contribution >= 4 is 5.91 Å². The Hall–Kier alpha value is -0.570. The van der Waals surface area contributed by atoms with Gasteiger partial charge in [0.1, 0.15) is 0 Å². The molecule has 18 heavy (non-hydrogen) atoms. The fraction of sp³-hybridized carbons (Fsp3) is 0.933. The maximum Gasteiger partial charge on any atom is 0.242 e. The fourth-order valence-corrected chi connectivity index (χ4v) is 3.53. The van der Waals surface area contributed by atoms with Crippen LogP contribution >= 0.6 is 0 Å². The number of hydrogen-bond donors (Lipinski definition) is 1. The summed E-state index contributed by atoms with van der Waals surface area (Å²) in [7, 11) is 0. The molecule has 2 N–H and O–H groups in total. The summed E-state index contributed by atoms with van der Waals surface area (Å²) in [6, 6.07) is 0. The molecule has 1 saturated carbocycles. The topological polar surface area (TPSA) is 46.3 Å². The molecule has 104 valence electrons. The number of amides is 1. The van der Waals surface area contributed by atoms with Gasteiger partial charge in [-0.2, -0.15) is 0 Å². The summed E-state index contributed by atoms with van der Waals surface area (Å²) in [5.74, 6) is 1.74. The minimum atomic E-state index is -0.530. The lowest BCUT2D eigenvalue weighted by molar-refractivity contribution is -0.136. The molecule has 1 aliphatic heterocycles. The van der Waals surface area contributed by atoms with E-state index in [1.165, 1.54) is 6.42 Å². The van der Waals surface area contributed by atoms with Gasteiger partial charge in [-0.3, -0.25) is 4.79 Å². The van der Waals surface area contributed by atoms with Crippen LogP contribution in [0.3, 0.4) is 0 Å². The highest BCUT2D eigenvalue weighted by Gasteiger charge is 2.40. The van der Waals surface area contributed by atoms with Crippen molar-refractivity contribution in [1.82, 2.24) is 4.90 Å². The van der Waals surface area contributed by atoms with E-state index in [9.17, 15) is 4.79 Å². The number of likely N-dealkylation sites (tertiary alicyclic amines) is 1. The average molecular weight is 252 g/mol. The van der Waals surface area contributed by atoms with Crippen molar-refractivity contribution in [3.05, 3.63) is 0 Å². The smallest absolute Gasteiger partial charge is 0.242 e. The van der Waals surface area contributed by atoms with Crippen LogP contribution in [0.25, 0.3) is 0 Å². The Morgan fingerprint density at radius 3 is 2.44 bits per heavy atom. The predicted molar refractivity (Wildman–Crippen MR) is 74.1 cm³/mol. The zero-order valence-corrected chi connectivity index (χ0v) is 12.0. The lowest BCUT2D eigenvalue weighted by Gasteiger charge is -2.31. The van der Waals surface area contributed by atoms with Crippen molar-refractivity contribution in [3.63, 3.8) is 0 Å². The van der Waals surface area contributed by atoms with Gasteiger partial charge in [0, 0.05) is 13.1 Å².